The molecular weight excluding hydrogens is 198 g/mol. The van der Waals surface area contributed by atoms with Crippen LogP contribution in [0.2, 0.25) is 0 Å². The van der Waals surface area contributed by atoms with Crippen LogP contribution in [0.25, 0.3) is 0 Å². The highest BCUT2D eigenvalue weighted by molar-refractivity contribution is 5.27. The Hall–Kier alpha value is -0.860. The Morgan fingerprint density at radius 3 is 2.25 bits per heavy atom. The summed E-state index contributed by atoms with van der Waals surface area (Å²) in [6, 6.07) is 7.86. The van der Waals surface area contributed by atoms with Gasteiger partial charge in [-0.25, -0.2) is 0 Å². The van der Waals surface area contributed by atoms with E-state index >= 15 is 0 Å². The molecule has 0 aliphatic carbocycles. The number of rotatable bonds is 3. The molecule has 1 atom stereocenters. The molecule has 1 aromatic carbocycles. The fraction of sp³-hybridized carbons (Fsp3) is 0.571. The number of hydrogen-bond donors (Lipinski definition) is 2. The maximum Gasteiger partial charge on any atom is 0.102 e. The third-order valence-corrected chi connectivity index (χ3v) is 2.48. The van der Waals surface area contributed by atoms with E-state index in [1.54, 1.807) is 0 Å². The molecule has 2 heteroatoms. The second-order valence-electron chi connectivity index (χ2n) is 3.46. The normalized spacial score (nSPS) is 12.9. The summed E-state index contributed by atoms with van der Waals surface area (Å²) in [5.41, 5.74) is 6.76. The summed E-state index contributed by atoms with van der Waals surface area (Å²) >= 11 is 0. The maximum absolute atomic E-state index is 10.1. The van der Waals surface area contributed by atoms with E-state index in [0.29, 0.717) is 6.42 Å². The summed E-state index contributed by atoms with van der Waals surface area (Å²) in [6.07, 6.45) is 0.646. The number of hydrogen-bond acceptors (Lipinski definition) is 2. The Balaban J connectivity index is 0. The Bertz CT molecular complexity index is 280. The van der Waals surface area contributed by atoms with Gasteiger partial charge in [0.1, 0.15) is 5.60 Å². The zero-order valence-corrected chi connectivity index (χ0v) is 10.2. The molecule has 0 bridgehead atoms. The summed E-state index contributed by atoms with van der Waals surface area (Å²) in [6.45, 7) is 8.22. The zero-order valence-electron chi connectivity index (χ0n) is 10.2. The molecule has 0 radical (unpaired) electrons. The molecule has 2 nitrogen and oxygen atoms in total. The molecule has 0 fully saturated rings. The van der Waals surface area contributed by atoms with Gasteiger partial charge in [0.25, 0.3) is 0 Å². The van der Waals surface area contributed by atoms with E-state index in [0.717, 1.165) is 11.1 Å². The quantitative estimate of drug-likeness (QED) is 0.829. The summed E-state index contributed by atoms with van der Waals surface area (Å²) < 4.78 is 0. The Labute approximate surface area is 100 Å². The van der Waals surface area contributed by atoms with E-state index in [1.807, 2.05) is 52.0 Å². The third-order valence-electron chi connectivity index (χ3n) is 2.48. The van der Waals surface area contributed by atoms with Crippen molar-refractivity contribution < 1.29 is 5.11 Å². The zero-order chi connectivity index (χ0) is 11.9. The topological polar surface area (TPSA) is 46.2 Å². The van der Waals surface area contributed by atoms with Gasteiger partial charge in [-0.2, -0.15) is 0 Å². The lowest BCUT2D eigenvalue weighted by molar-refractivity contribution is 0.0418. The highest BCUT2D eigenvalue weighted by Crippen LogP contribution is 2.23. The van der Waals surface area contributed by atoms with Crippen LogP contribution in [0.3, 0.4) is 0 Å². The van der Waals surface area contributed by atoms with Gasteiger partial charge in [-0.05, 0) is 18.9 Å². The van der Waals surface area contributed by atoms with Crippen molar-refractivity contribution in [1.29, 1.82) is 0 Å². The van der Waals surface area contributed by atoms with Crippen molar-refractivity contribution in [2.75, 3.05) is 6.54 Å². The van der Waals surface area contributed by atoms with Gasteiger partial charge in [0.2, 0.25) is 0 Å². The molecule has 0 saturated heterocycles. The molecule has 0 aromatic heterocycles. The van der Waals surface area contributed by atoms with E-state index in [2.05, 4.69) is 0 Å². The predicted molar refractivity (Wildman–Crippen MR) is 72.5 cm³/mol. The van der Waals surface area contributed by atoms with Gasteiger partial charge in [-0.1, -0.05) is 58.0 Å². The van der Waals surface area contributed by atoms with Crippen molar-refractivity contribution in [2.45, 2.75) is 47.1 Å². The van der Waals surface area contributed by atoms with Gasteiger partial charge in [0.15, 0.2) is 0 Å². The van der Waals surface area contributed by atoms with Gasteiger partial charge in [0, 0.05) is 6.54 Å². The molecule has 0 spiro atoms. The second kappa shape index (κ2) is 8.31. The van der Waals surface area contributed by atoms with Crippen molar-refractivity contribution in [1.82, 2.24) is 0 Å². The lowest BCUT2D eigenvalue weighted by Gasteiger charge is -2.25. The smallest absolute Gasteiger partial charge is 0.102 e. The molecule has 3 N–H and O–H groups in total. The maximum atomic E-state index is 10.1. The minimum Gasteiger partial charge on any atom is -0.384 e. The molecule has 1 unspecified atom stereocenters. The molecule has 94 valence electrons. The Morgan fingerprint density at radius 2 is 1.88 bits per heavy atom. The SMILES string of the molecule is C.CC.CCC(O)(CN)c1cccc(C)c1. The van der Waals surface area contributed by atoms with Crippen LogP contribution in [-0.4, -0.2) is 11.7 Å². The molecule has 1 rings (SSSR count). The number of aryl methyl sites for hydroxylation is 1. The third kappa shape index (κ3) is 4.33. The average Bonchev–Trinajstić information content (AvgIpc) is 2.30. The minimum atomic E-state index is -0.855. The standard InChI is InChI=1S/C11H17NO.C2H6.CH4/c1-3-11(13,8-12)10-6-4-5-9(2)7-10;1-2;/h4-7,13H,3,8,12H2,1-2H3;1-2H3;1H4. The van der Waals surface area contributed by atoms with Crippen LogP contribution in [0, 0.1) is 6.92 Å². The van der Waals surface area contributed by atoms with E-state index in [4.69, 9.17) is 5.73 Å². The van der Waals surface area contributed by atoms with Crippen LogP contribution >= 0.6 is 0 Å². The fourth-order valence-corrected chi connectivity index (χ4v) is 1.40. The van der Waals surface area contributed by atoms with Crippen molar-refractivity contribution in [3.8, 4) is 0 Å². The van der Waals surface area contributed by atoms with Crippen LogP contribution in [0.5, 0.6) is 0 Å². The molecule has 0 aliphatic rings. The number of benzene rings is 1. The first-order valence-electron chi connectivity index (χ1n) is 5.62. The first-order chi connectivity index (χ1) is 7.12. The average molecular weight is 225 g/mol. The first-order valence-corrected chi connectivity index (χ1v) is 5.62. The Kier molecular flexibility index (Phi) is 9.11. The van der Waals surface area contributed by atoms with Crippen molar-refractivity contribution >= 4 is 0 Å². The van der Waals surface area contributed by atoms with E-state index in [-0.39, 0.29) is 14.0 Å². The number of aliphatic hydroxyl groups is 1. The van der Waals surface area contributed by atoms with Gasteiger partial charge in [-0.15, -0.1) is 0 Å². The van der Waals surface area contributed by atoms with Gasteiger partial charge in [-0.3, -0.25) is 0 Å². The largest absolute Gasteiger partial charge is 0.384 e. The predicted octanol–water partition coefficient (Wildman–Crippen LogP) is 3.21. The summed E-state index contributed by atoms with van der Waals surface area (Å²) in [5.74, 6) is 0. The molecule has 0 aliphatic heterocycles. The minimum absolute atomic E-state index is 0. The lowest BCUT2D eigenvalue weighted by Crippen LogP contribution is -2.34. The monoisotopic (exact) mass is 225 g/mol. The number of nitrogens with two attached hydrogens (primary N) is 1. The Morgan fingerprint density at radius 1 is 1.31 bits per heavy atom. The fourth-order valence-electron chi connectivity index (χ4n) is 1.40. The second-order valence-corrected chi connectivity index (χ2v) is 3.46. The molecule has 0 amide bonds. The lowest BCUT2D eigenvalue weighted by atomic mass is 9.90. The first kappa shape index (κ1) is 17.5. The van der Waals surface area contributed by atoms with Crippen molar-refractivity contribution in [3.63, 3.8) is 0 Å². The molecule has 0 saturated carbocycles. The molecule has 16 heavy (non-hydrogen) atoms. The molecule has 1 aromatic rings. The van der Waals surface area contributed by atoms with Crippen molar-refractivity contribution in [2.24, 2.45) is 5.73 Å². The highest BCUT2D eigenvalue weighted by atomic mass is 16.3. The molecule has 0 heterocycles. The van der Waals surface area contributed by atoms with E-state index in [9.17, 15) is 5.11 Å². The van der Waals surface area contributed by atoms with Crippen LogP contribution in [0.4, 0.5) is 0 Å². The molecular formula is C14H27NO. The van der Waals surface area contributed by atoms with Crippen molar-refractivity contribution in [3.05, 3.63) is 35.4 Å². The summed E-state index contributed by atoms with van der Waals surface area (Å²) in [4.78, 5) is 0. The van der Waals surface area contributed by atoms with Gasteiger partial charge in [0.05, 0.1) is 0 Å². The van der Waals surface area contributed by atoms with Gasteiger partial charge < -0.3 is 10.8 Å². The highest BCUT2D eigenvalue weighted by Gasteiger charge is 2.24. The van der Waals surface area contributed by atoms with Crippen LogP contribution in [0.1, 0.15) is 45.7 Å². The summed E-state index contributed by atoms with van der Waals surface area (Å²) in [5, 5.41) is 10.1. The van der Waals surface area contributed by atoms with Gasteiger partial charge >= 0.3 is 0 Å². The summed E-state index contributed by atoms with van der Waals surface area (Å²) in [7, 11) is 0. The van der Waals surface area contributed by atoms with Crippen LogP contribution in [0.15, 0.2) is 24.3 Å². The van der Waals surface area contributed by atoms with Crippen LogP contribution < -0.4 is 5.73 Å². The van der Waals surface area contributed by atoms with E-state index < -0.39 is 5.60 Å². The van der Waals surface area contributed by atoms with E-state index in [1.165, 1.54) is 0 Å². The van der Waals surface area contributed by atoms with Crippen LogP contribution in [-0.2, 0) is 5.60 Å².